The molecule has 9 nitrogen and oxygen atoms in total. The van der Waals surface area contributed by atoms with Crippen molar-refractivity contribution >= 4 is 16.0 Å². The van der Waals surface area contributed by atoms with Crippen molar-refractivity contribution in [3.63, 3.8) is 0 Å². The highest BCUT2D eigenvalue weighted by molar-refractivity contribution is 7.88. The van der Waals surface area contributed by atoms with Gasteiger partial charge in [0.2, 0.25) is 16.0 Å². The fourth-order valence-electron chi connectivity index (χ4n) is 2.88. The van der Waals surface area contributed by atoms with Gasteiger partial charge in [-0.2, -0.15) is 4.31 Å². The van der Waals surface area contributed by atoms with E-state index in [1.807, 2.05) is 11.8 Å². The molecule has 1 atom stereocenters. The van der Waals surface area contributed by atoms with Gasteiger partial charge in [0, 0.05) is 45.0 Å². The van der Waals surface area contributed by atoms with Crippen molar-refractivity contribution in [1.29, 1.82) is 0 Å². The Labute approximate surface area is 146 Å². The van der Waals surface area contributed by atoms with Crippen LogP contribution >= 0.6 is 0 Å². The number of sulfonamides is 1. The molecule has 0 spiro atoms. The van der Waals surface area contributed by atoms with E-state index in [-0.39, 0.29) is 11.6 Å². The highest BCUT2D eigenvalue weighted by Crippen LogP contribution is 2.21. The van der Waals surface area contributed by atoms with Gasteiger partial charge in [0.15, 0.2) is 0 Å². The van der Waals surface area contributed by atoms with E-state index in [0.29, 0.717) is 37.0 Å². The molecule has 0 aromatic carbocycles. The van der Waals surface area contributed by atoms with Crippen molar-refractivity contribution in [3.05, 3.63) is 35.0 Å². The lowest BCUT2D eigenvalue weighted by Gasteiger charge is -2.39. The van der Waals surface area contributed by atoms with E-state index >= 15 is 0 Å². The van der Waals surface area contributed by atoms with Gasteiger partial charge >= 0.3 is 0 Å². The van der Waals surface area contributed by atoms with Gasteiger partial charge in [0.1, 0.15) is 6.33 Å². The minimum atomic E-state index is -3.23. The zero-order chi connectivity index (χ0) is 18.2. The molecule has 3 rings (SSSR count). The minimum absolute atomic E-state index is 0.109. The molecule has 25 heavy (non-hydrogen) atoms. The number of hydrogen-bond acceptors (Lipinski definition) is 7. The summed E-state index contributed by atoms with van der Waals surface area (Å²) >= 11 is 0. The number of hydrogen-bond donors (Lipinski definition) is 0. The predicted octanol–water partition coefficient (Wildman–Crippen LogP) is -0.293. The summed E-state index contributed by atoms with van der Waals surface area (Å²) in [6, 6.07) is 3.02. The quantitative estimate of drug-likeness (QED) is 0.737. The van der Waals surface area contributed by atoms with Crippen LogP contribution in [-0.4, -0.2) is 64.2 Å². The smallest absolute Gasteiger partial charge is 0.255 e. The fourth-order valence-corrected chi connectivity index (χ4v) is 3.78. The third-order valence-corrected chi connectivity index (χ3v) is 5.54. The monoisotopic (exact) mass is 364 g/mol. The normalized spacial score (nSPS) is 19.2. The van der Waals surface area contributed by atoms with Gasteiger partial charge in [-0.05, 0) is 13.0 Å². The van der Waals surface area contributed by atoms with Gasteiger partial charge in [0.05, 0.1) is 17.6 Å². The minimum Gasteiger partial charge on any atom is -0.337 e. The summed E-state index contributed by atoms with van der Waals surface area (Å²) in [7, 11) is -1.58. The molecule has 0 aliphatic carbocycles. The Morgan fingerprint density at radius 2 is 2.00 bits per heavy atom. The molecule has 1 saturated heterocycles. The van der Waals surface area contributed by atoms with E-state index in [1.165, 1.54) is 27.5 Å². The van der Waals surface area contributed by atoms with Crippen LogP contribution < -0.4 is 10.5 Å². The molecule has 0 bridgehead atoms. The summed E-state index contributed by atoms with van der Waals surface area (Å²) in [5.74, 6) is 0.502. The van der Waals surface area contributed by atoms with Crippen molar-refractivity contribution < 1.29 is 8.42 Å². The lowest BCUT2D eigenvalue weighted by molar-refractivity contribution is 0.340. The van der Waals surface area contributed by atoms with Crippen molar-refractivity contribution in [1.82, 2.24) is 23.8 Å². The van der Waals surface area contributed by atoms with Crippen LogP contribution in [0.4, 0.5) is 5.95 Å². The van der Waals surface area contributed by atoms with Crippen molar-refractivity contribution in [3.8, 4) is 11.4 Å². The molecule has 1 fully saturated rings. The van der Waals surface area contributed by atoms with Crippen LogP contribution in [0.5, 0.6) is 0 Å². The Morgan fingerprint density at radius 3 is 2.60 bits per heavy atom. The molecule has 0 N–H and O–H groups in total. The first-order chi connectivity index (χ1) is 11.8. The highest BCUT2D eigenvalue weighted by atomic mass is 32.2. The highest BCUT2D eigenvalue weighted by Gasteiger charge is 2.30. The van der Waals surface area contributed by atoms with E-state index in [4.69, 9.17) is 0 Å². The van der Waals surface area contributed by atoms with Gasteiger partial charge in [0.25, 0.3) is 5.56 Å². The van der Waals surface area contributed by atoms with E-state index < -0.39 is 10.0 Å². The van der Waals surface area contributed by atoms with Crippen molar-refractivity contribution in [2.24, 2.45) is 7.05 Å². The number of anilines is 1. The van der Waals surface area contributed by atoms with Crippen LogP contribution in [0, 0.1) is 0 Å². The van der Waals surface area contributed by atoms with E-state index in [2.05, 4.69) is 15.0 Å². The Kier molecular flexibility index (Phi) is 4.56. The SMILES string of the molecule is C[C@@H]1CN(S(C)(=O)=O)CCN1c1nc(-c2ccncn2)cc(=O)n1C. The average Bonchev–Trinajstić information content (AvgIpc) is 2.57. The van der Waals surface area contributed by atoms with Gasteiger partial charge in [-0.25, -0.2) is 23.4 Å². The number of aromatic nitrogens is 4. The first kappa shape index (κ1) is 17.5. The number of rotatable bonds is 3. The van der Waals surface area contributed by atoms with E-state index in [0.717, 1.165) is 0 Å². The Balaban J connectivity index is 1.98. The Bertz CT molecular complexity index is 928. The summed E-state index contributed by atoms with van der Waals surface area (Å²) in [6.45, 7) is 3.09. The van der Waals surface area contributed by atoms with Crippen molar-refractivity contribution in [2.75, 3.05) is 30.8 Å². The lowest BCUT2D eigenvalue weighted by atomic mass is 10.2. The largest absolute Gasteiger partial charge is 0.337 e. The second kappa shape index (κ2) is 6.52. The molecular formula is C15H20N6O3S. The van der Waals surface area contributed by atoms with Gasteiger partial charge < -0.3 is 4.90 Å². The first-order valence-corrected chi connectivity index (χ1v) is 9.68. The van der Waals surface area contributed by atoms with Gasteiger partial charge in [-0.1, -0.05) is 0 Å². The number of nitrogens with zero attached hydrogens (tertiary/aromatic N) is 6. The van der Waals surface area contributed by atoms with Crippen molar-refractivity contribution in [2.45, 2.75) is 13.0 Å². The Morgan fingerprint density at radius 1 is 1.24 bits per heavy atom. The van der Waals surface area contributed by atoms with E-state index in [1.54, 1.807) is 19.3 Å². The lowest BCUT2D eigenvalue weighted by Crippen LogP contribution is -2.54. The van der Waals surface area contributed by atoms with Crippen LogP contribution in [-0.2, 0) is 17.1 Å². The molecule has 2 aromatic rings. The summed E-state index contributed by atoms with van der Waals surface area (Å²) < 4.78 is 26.4. The third-order valence-electron chi connectivity index (χ3n) is 4.27. The maximum atomic E-state index is 12.4. The van der Waals surface area contributed by atoms with E-state index in [9.17, 15) is 13.2 Å². The van der Waals surface area contributed by atoms with Gasteiger partial charge in [-0.15, -0.1) is 0 Å². The molecular weight excluding hydrogens is 344 g/mol. The zero-order valence-corrected chi connectivity index (χ0v) is 15.1. The van der Waals surface area contributed by atoms with Gasteiger partial charge in [-0.3, -0.25) is 9.36 Å². The topological polar surface area (TPSA) is 101 Å². The molecule has 134 valence electrons. The Hall–Kier alpha value is -2.33. The number of piperazine rings is 1. The second-order valence-corrected chi connectivity index (χ2v) is 8.08. The molecule has 2 aromatic heterocycles. The molecule has 0 unspecified atom stereocenters. The second-order valence-electron chi connectivity index (χ2n) is 6.10. The molecule has 3 heterocycles. The van der Waals surface area contributed by atoms with Crippen LogP contribution in [0.3, 0.4) is 0 Å². The summed E-state index contributed by atoms with van der Waals surface area (Å²) in [5, 5.41) is 0. The summed E-state index contributed by atoms with van der Waals surface area (Å²) in [5.41, 5.74) is 0.839. The molecule has 0 saturated carbocycles. The summed E-state index contributed by atoms with van der Waals surface area (Å²) in [4.78, 5) is 26.9. The fraction of sp³-hybridized carbons (Fsp3) is 0.467. The third kappa shape index (κ3) is 3.54. The van der Waals surface area contributed by atoms with Crippen LogP contribution in [0.2, 0.25) is 0 Å². The van der Waals surface area contributed by atoms with Crippen LogP contribution in [0.15, 0.2) is 29.5 Å². The predicted molar refractivity (Wildman–Crippen MR) is 93.7 cm³/mol. The average molecular weight is 364 g/mol. The first-order valence-electron chi connectivity index (χ1n) is 7.83. The maximum Gasteiger partial charge on any atom is 0.255 e. The molecule has 0 radical (unpaired) electrons. The standard InChI is InChI=1S/C15H20N6O3S/c1-11-9-20(25(3,23)24)6-7-21(11)15-18-13(8-14(22)19(15)2)12-4-5-16-10-17-12/h4-5,8,10-11H,6-7,9H2,1-3H3/t11-/m1/s1. The van der Waals surface area contributed by atoms with Crippen LogP contribution in [0.1, 0.15) is 6.92 Å². The molecule has 1 aliphatic rings. The molecule has 10 heteroatoms. The van der Waals surface area contributed by atoms with Crippen LogP contribution in [0.25, 0.3) is 11.4 Å². The molecule has 1 aliphatic heterocycles. The summed E-state index contributed by atoms with van der Waals surface area (Å²) in [6.07, 6.45) is 4.20. The molecule has 0 amide bonds. The maximum absolute atomic E-state index is 12.4. The zero-order valence-electron chi connectivity index (χ0n) is 14.3.